The van der Waals surface area contributed by atoms with Crippen LogP contribution < -0.4 is 9.64 Å². The molecule has 3 aliphatic heterocycles. The van der Waals surface area contributed by atoms with E-state index in [9.17, 15) is 14.4 Å². The highest BCUT2D eigenvalue weighted by Gasteiger charge is 2.35. The van der Waals surface area contributed by atoms with Crippen molar-refractivity contribution in [2.24, 2.45) is 0 Å². The molecule has 0 aliphatic carbocycles. The van der Waals surface area contributed by atoms with Gasteiger partial charge in [0.05, 0.1) is 51.5 Å². The number of methoxy groups -OCH3 is 1. The fourth-order valence-corrected chi connectivity index (χ4v) is 5.35. The number of hydrogen-bond acceptors (Lipinski definition) is 11. The van der Waals surface area contributed by atoms with E-state index >= 15 is 0 Å². The van der Waals surface area contributed by atoms with E-state index in [0.717, 1.165) is 16.9 Å². The van der Waals surface area contributed by atoms with Gasteiger partial charge < -0.3 is 38.9 Å². The number of aromatic nitrogens is 4. The van der Waals surface area contributed by atoms with E-state index in [0.29, 0.717) is 57.3 Å². The van der Waals surface area contributed by atoms with Crippen LogP contribution in [-0.2, 0) is 14.3 Å². The number of carbonyl (C=O) groups is 3. The first kappa shape index (κ1) is 27.5. The Bertz CT molecular complexity index is 1470. The maximum Gasteiger partial charge on any atom is 0.410 e. The minimum atomic E-state index is -0.503. The molecule has 0 spiro atoms. The number of rotatable bonds is 7. The fraction of sp³-hybridized carbons (Fsp3) is 0.481. The second-order valence-electron chi connectivity index (χ2n) is 10.3. The minimum absolute atomic E-state index is 0.120. The van der Waals surface area contributed by atoms with Gasteiger partial charge in [-0.05, 0) is 18.2 Å². The fourth-order valence-electron chi connectivity index (χ4n) is 5.35. The number of anilines is 1. The van der Waals surface area contributed by atoms with E-state index in [-0.39, 0.29) is 37.7 Å². The summed E-state index contributed by atoms with van der Waals surface area (Å²) in [6.07, 6.45) is 3.83. The SMILES string of the molecule is COC(=O)N1CC(Oc2ncccc2-c2cnn3ccc(N4CCN(C(=O)OC5CC(=O)N(CCO)C5)CC4)nc23)C1. The molecule has 3 fully saturated rings. The van der Waals surface area contributed by atoms with Crippen molar-refractivity contribution in [2.45, 2.75) is 18.6 Å². The topological polar surface area (TPSA) is 155 Å². The Labute approximate surface area is 241 Å². The van der Waals surface area contributed by atoms with Crippen molar-refractivity contribution < 1.29 is 33.7 Å². The highest BCUT2D eigenvalue weighted by atomic mass is 16.6. The third-order valence-electron chi connectivity index (χ3n) is 7.65. The van der Waals surface area contributed by atoms with Crippen molar-refractivity contribution in [3.05, 3.63) is 36.8 Å². The second-order valence-corrected chi connectivity index (χ2v) is 10.3. The highest BCUT2D eigenvalue weighted by molar-refractivity contribution is 5.81. The average Bonchev–Trinajstić information content (AvgIpc) is 3.56. The summed E-state index contributed by atoms with van der Waals surface area (Å²) in [6, 6.07) is 5.60. The van der Waals surface area contributed by atoms with Crippen molar-refractivity contribution in [2.75, 3.05) is 71.0 Å². The first-order valence-corrected chi connectivity index (χ1v) is 13.8. The van der Waals surface area contributed by atoms with Crippen LogP contribution in [0, 0.1) is 0 Å². The minimum Gasteiger partial charge on any atom is -0.470 e. The third kappa shape index (κ3) is 5.46. The van der Waals surface area contributed by atoms with E-state index in [1.807, 2.05) is 24.4 Å². The lowest BCUT2D eigenvalue weighted by Crippen LogP contribution is -2.56. The summed E-state index contributed by atoms with van der Waals surface area (Å²) >= 11 is 0. The Kier molecular flexibility index (Phi) is 7.65. The molecule has 42 heavy (non-hydrogen) atoms. The maximum absolute atomic E-state index is 12.7. The van der Waals surface area contributed by atoms with Crippen LogP contribution in [-0.4, -0.2) is 136 Å². The Balaban J connectivity index is 1.10. The van der Waals surface area contributed by atoms with Gasteiger partial charge in [-0.25, -0.2) is 24.1 Å². The van der Waals surface area contributed by atoms with Gasteiger partial charge in [0.25, 0.3) is 0 Å². The molecule has 0 bridgehead atoms. The number of amides is 3. The van der Waals surface area contributed by atoms with Gasteiger partial charge in [0, 0.05) is 50.7 Å². The summed E-state index contributed by atoms with van der Waals surface area (Å²) in [7, 11) is 1.35. The molecule has 0 aromatic carbocycles. The number of pyridine rings is 1. The highest BCUT2D eigenvalue weighted by Crippen LogP contribution is 2.33. The molecular weight excluding hydrogens is 548 g/mol. The summed E-state index contributed by atoms with van der Waals surface area (Å²) in [5.41, 5.74) is 2.13. The lowest BCUT2D eigenvalue weighted by Gasteiger charge is -2.37. The molecule has 6 heterocycles. The van der Waals surface area contributed by atoms with Gasteiger partial charge in [0.1, 0.15) is 18.0 Å². The van der Waals surface area contributed by atoms with E-state index in [2.05, 4.69) is 15.0 Å². The lowest BCUT2D eigenvalue weighted by atomic mass is 10.1. The zero-order valence-electron chi connectivity index (χ0n) is 23.2. The molecule has 1 atom stereocenters. The average molecular weight is 581 g/mol. The molecule has 1 unspecified atom stereocenters. The van der Waals surface area contributed by atoms with Gasteiger partial charge in [0.15, 0.2) is 5.65 Å². The van der Waals surface area contributed by atoms with Crippen molar-refractivity contribution in [3.8, 4) is 17.0 Å². The maximum atomic E-state index is 12.7. The van der Waals surface area contributed by atoms with Crippen LogP contribution in [0.25, 0.3) is 16.8 Å². The summed E-state index contributed by atoms with van der Waals surface area (Å²) in [5, 5.41) is 13.6. The number of carbonyl (C=O) groups excluding carboxylic acids is 3. The first-order chi connectivity index (χ1) is 20.4. The van der Waals surface area contributed by atoms with Crippen molar-refractivity contribution in [3.63, 3.8) is 0 Å². The van der Waals surface area contributed by atoms with Crippen LogP contribution in [0.15, 0.2) is 36.8 Å². The van der Waals surface area contributed by atoms with Crippen LogP contribution in [0.3, 0.4) is 0 Å². The largest absolute Gasteiger partial charge is 0.470 e. The van der Waals surface area contributed by atoms with Gasteiger partial charge in [-0.1, -0.05) is 0 Å². The van der Waals surface area contributed by atoms with Crippen molar-refractivity contribution in [1.82, 2.24) is 34.3 Å². The molecule has 15 heteroatoms. The predicted octanol–water partition coefficient (Wildman–Crippen LogP) is 0.473. The van der Waals surface area contributed by atoms with Gasteiger partial charge in [-0.2, -0.15) is 5.10 Å². The Morgan fingerprint density at radius 3 is 2.60 bits per heavy atom. The van der Waals surface area contributed by atoms with Crippen LogP contribution in [0.2, 0.25) is 0 Å². The molecule has 3 aromatic heterocycles. The van der Waals surface area contributed by atoms with Crippen LogP contribution in [0.5, 0.6) is 5.88 Å². The lowest BCUT2D eigenvalue weighted by molar-refractivity contribution is -0.128. The summed E-state index contributed by atoms with van der Waals surface area (Å²) < 4.78 is 18.1. The standard InChI is InChI=1S/C27H32N8O7/c1-40-26(38)34-16-19(17-34)41-25-20(3-2-5-28-25)21-14-29-35-6-4-22(30-24(21)35)31-7-9-32(10-8-31)27(39)42-18-13-23(37)33(15-18)11-12-36/h2-6,14,18-19,36H,7-13,15-17H2,1H3. The number of nitrogens with zero attached hydrogens (tertiary/aromatic N) is 8. The van der Waals surface area contributed by atoms with Crippen LogP contribution in [0.1, 0.15) is 6.42 Å². The Hall–Kier alpha value is -4.66. The van der Waals surface area contributed by atoms with Gasteiger partial charge in [0.2, 0.25) is 11.8 Å². The summed E-state index contributed by atoms with van der Waals surface area (Å²) in [4.78, 5) is 52.6. The molecule has 15 nitrogen and oxygen atoms in total. The molecule has 3 amide bonds. The number of hydrogen-bond donors (Lipinski definition) is 1. The van der Waals surface area contributed by atoms with Crippen LogP contribution >= 0.6 is 0 Å². The molecule has 6 rings (SSSR count). The van der Waals surface area contributed by atoms with Crippen LogP contribution in [0.4, 0.5) is 15.4 Å². The zero-order valence-corrected chi connectivity index (χ0v) is 23.2. The molecule has 1 N–H and O–H groups in total. The quantitative estimate of drug-likeness (QED) is 0.415. The Morgan fingerprint density at radius 2 is 1.83 bits per heavy atom. The number of β-amino-alcohol motifs (C(OH)–C–C–N with tert-alkyl or cyclic N) is 1. The van der Waals surface area contributed by atoms with E-state index in [1.165, 1.54) is 12.0 Å². The number of likely N-dealkylation sites (tertiary alicyclic amines) is 2. The number of aliphatic hydroxyl groups is 1. The summed E-state index contributed by atoms with van der Waals surface area (Å²) in [5.74, 6) is 1.06. The second kappa shape index (κ2) is 11.7. The van der Waals surface area contributed by atoms with Crippen molar-refractivity contribution in [1.29, 1.82) is 0 Å². The zero-order chi connectivity index (χ0) is 29.2. The first-order valence-electron chi connectivity index (χ1n) is 13.8. The van der Waals surface area contributed by atoms with Gasteiger partial charge >= 0.3 is 12.2 Å². The van der Waals surface area contributed by atoms with E-state index in [4.69, 9.17) is 24.3 Å². The Morgan fingerprint density at radius 1 is 1.02 bits per heavy atom. The third-order valence-corrected chi connectivity index (χ3v) is 7.65. The molecule has 222 valence electrons. The predicted molar refractivity (Wildman–Crippen MR) is 147 cm³/mol. The monoisotopic (exact) mass is 580 g/mol. The van der Waals surface area contributed by atoms with Gasteiger partial charge in [-0.3, -0.25) is 4.79 Å². The smallest absolute Gasteiger partial charge is 0.410 e. The molecule has 0 saturated carbocycles. The molecular formula is C27H32N8O7. The molecule has 0 radical (unpaired) electrons. The number of aliphatic hydroxyl groups excluding tert-OH is 1. The van der Waals surface area contributed by atoms with E-state index < -0.39 is 12.2 Å². The number of fused-ring (bicyclic) bond motifs is 1. The molecule has 3 aliphatic rings. The molecule has 3 saturated heterocycles. The van der Waals surface area contributed by atoms with Crippen molar-refractivity contribution >= 4 is 29.6 Å². The van der Waals surface area contributed by atoms with E-state index in [1.54, 1.807) is 26.7 Å². The summed E-state index contributed by atoms with van der Waals surface area (Å²) in [6.45, 7) is 3.27. The number of ether oxygens (including phenoxy) is 3. The molecule has 3 aromatic rings. The normalized spacial score (nSPS) is 19.3. The van der Waals surface area contributed by atoms with Gasteiger partial charge in [-0.15, -0.1) is 0 Å². The number of piperazine rings is 1.